The molecule has 1 unspecified atom stereocenters. The molecule has 0 radical (unpaired) electrons. The standard InChI is InChI=1S/C50H33NO/c1-3-14-38-35-15-4-7-21-41(35)50(42-22-8-10-25-45(42)51-44-24-9-5-16-36(44)39-19-13-23-43(50)48(39)51)47(38)31(2)32-27-29-33(30-28-32)34-18-12-20-40-37-17-6-11-26-46(37)52-49(34)40/h3-30H,2H2,1H3/b14-3-. The van der Waals surface area contributed by atoms with Crippen LogP contribution in [0.25, 0.3) is 71.7 Å². The molecule has 0 saturated heterocycles. The summed E-state index contributed by atoms with van der Waals surface area (Å²) in [5.74, 6) is 0. The average molecular weight is 664 g/mol. The van der Waals surface area contributed by atoms with E-state index in [0.29, 0.717) is 0 Å². The molecular weight excluding hydrogens is 631 g/mol. The van der Waals surface area contributed by atoms with Crippen molar-refractivity contribution in [2.24, 2.45) is 0 Å². The molecule has 0 bridgehead atoms. The fourth-order valence-electron chi connectivity index (χ4n) is 9.48. The van der Waals surface area contributed by atoms with Crippen molar-refractivity contribution in [2.75, 3.05) is 0 Å². The normalized spacial score (nSPS) is 16.2. The van der Waals surface area contributed by atoms with Gasteiger partial charge in [0, 0.05) is 27.1 Å². The van der Waals surface area contributed by atoms with Gasteiger partial charge in [0.15, 0.2) is 0 Å². The Morgan fingerprint density at radius 1 is 0.596 bits per heavy atom. The number of fused-ring (bicyclic) bond motifs is 12. The number of aromatic nitrogens is 1. The zero-order valence-corrected chi connectivity index (χ0v) is 28.7. The largest absolute Gasteiger partial charge is 0.455 e. The van der Waals surface area contributed by atoms with Crippen molar-refractivity contribution in [2.45, 2.75) is 12.3 Å². The van der Waals surface area contributed by atoms with Gasteiger partial charge in [-0.15, -0.1) is 0 Å². The zero-order chi connectivity index (χ0) is 34.6. The molecule has 2 aliphatic rings. The Labute approximate surface area is 301 Å². The quantitative estimate of drug-likeness (QED) is 0.183. The highest BCUT2D eigenvalue weighted by atomic mass is 16.3. The first-order chi connectivity index (χ1) is 25.7. The van der Waals surface area contributed by atoms with E-state index in [2.05, 4.69) is 169 Å². The lowest BCUT2D eigenvalue weighted by Crippen LogP contribution is -2.35. The maximum Gasteiger partial charge on any atom is 0.143 e. The van der Waals surface area contributed by atoms with Gasteiger partial charge in [0.05, 0.1) is 22.1 Å². The lowest BCUT2D eigenvalue weighted by Gasteiger charge is -2.41. The minimum Gasteiger partial charge on any atom is -0.455 e. The van der Waals surface area contributed by atoms with Crippen molar-refractivity contribution in [1.29, 1.82) is 0 Å². The van der Waals surface area contributed by atoms with Crippen molar-refractivity contribution in [3.05, 3.63) is 210 Å². The van der Waals surface area contributed by atoms with Crippen LogP contribution in [0, 0.1) is 0 Å². The van der Waals surface area contributed by atoms with Crippen LogP contribution in [0.2, 0.25) is 0 Å². The number of hydrogen-bond acceptors (Lipinski definition) is 1. The maximum absolute atomic E-state index is 6.43. The number of benzene rings is 7. The van der Waals surface area contributed by atoms with Gasteiger partial charge in [0.2, 0.25) is 0 Å². The van der Waals surface area contributed by atoms with Crippen molar-refractivity contribution < 1.29 is 4.42 Å². The van der Waals surface area contributed by atoms with Gasteiger partial charge >= 0.3 is 0 Å². The van der Waals surface area contributed by atoms with Crippen LogP contribution in [0.4, 0.5) is 0 Å². The highest BCUT2D eigenvalue weighted by Crippen LogP contribution is 2.62. The van der Waals surface area contributed by atoms with Crippen molar-refractivity contribution in [3.8, 4) is 16.8 Å². The highest BCUT2D eigenvalue weighted by molar-refractivity contribution is 6.14. The molecule has 52 heavy (non-hydrogen) atoms. The molecular formula is C50H33NO. The lowest BCUT2D eigenvalue weighted by molar-refractivity contribution is 0.670. The van der Waals surface area contributed by atoms with Gasteiger partial charge in [-0.2, -0.15) is 0 Å². The minimum atomic E-state index is -0.582. The molecule has 1 aliphatic heterocycles. The molecule has 0 saturated carbocycles. The van der Waals surface area contributed by atoms with Crippen molar-refractivity contribution >= 4 is 54.9 Å². The Balaban J connectivity index is 1.17. The summed E-state index contributed by atoms with van der Waals surface area (Å²) in [6, 6.07) is 57.3. The summed E-state index contributed by atoms with van der Waals surface area (Å²) in [6.45, 7) is 7.08. The topological polar surface area (TPSA) is 18.1 Å². The van der Waals surface area contributed by atoms with E-state index in [0.717, 1.165) is 44.2 Å². The third-order valence-corrected chi connectivity index (χ3v) is 11.5. The SMILES string of the molecule is C=C(C1=C(/C=C\C)c2ccccc2C12c1ccccc1-n1c3ccccc3c3cccc2c31)c1ccc(-c2cccc3c2oc2ccccc23)cc1. The van der Waals surface area contributed by atoms with Crippen LogP contribution in [0.15, 0.2) is 186 Å². The van der Waals surface area contributed by atoms with E-state index in [9.17, 15) is 0 Å². The molecule has 2 heteroatoms. The van der Waals surface area contributed by atoms with E-state index in [1.807, 2.05) is 12.1 Å². The second-order valence-corrected chi connectivity index (χ2v) is 14.0. The fourth-order valence-corrected chi connectivity index (χ4v) is 9.48. The number of nitrogens with zero attached hydrogens (tertiary/aromatic N) is 1. The number of rotatable bonds is 4. The number of allylic oxidation sites excluding steroid dienone is 5. The van der Waals surface area contributed by atoms with E-state index >= 15 is 0 Å². The Morgan fingerprint density at radius 3 is 2.12 bits per heavy atom. The molecule has 11 rings (SSSR count). The maximum atomic E-state index is 6.43. The lowest BCUT2D eigenvalue weighted by atomic mass is 9.62. The minimum absolute atomic E-state index is 0.582. The van der Waals surface area contributed by atoms with Gasteiger partial charge in [-0.25, -0.2) is 0 Å². The zero-order valence-electron chi connectivity index (χ0n) is 28.7. The van der Waals surface area contributed by atoms with Gasteiger partial charge in [0.25, 0.3) is 0 Å². The van der Waals surface area contributed by atoms with Crippen LogP contribution in [0.3, 0.4) is 0 Å². The van der Waals surface area contributed by atoms with Crippen molar-refractivity contribution in [3.63, 3.8) is 0 Å². The number of furan rings is 1. The summed E-state index contributed by atoms with van der Waals surface area (Å²) in [4.78, 5) is 0. The third kappa shape index (κ3) is 3.63. The van der Waals surface area contributed by atoms with Crippen LogP contribution in [0.5, 0.6) is 0 Å². The summed E-state index contributed by atoms with van der Waals surface area (Å²) in [5, 5.41) is 4.82. The fraction of sp³-hybridized carbons (Fsp3) is 0.0400. The Kier molecular flexibility index (Phi) is 5.98. The van der Waals surface area contributed by atoms with Gasteiger partial charge < -0.3 is 8.98 Å². The first-order valence-electron chi connectivity index (χ1n) is 18.0. The van der Waals surface area contributed by atoms with Crippen LogP contribution >= 0.6 is 0 Å². The van der Waals surface area contributed by atoms with Gasteiger partial charge in [-0.1, -0.05) is 158 Å². The number of para-hydroxylation sites is 5. The molecule has 1 atom stereocenters. The average Bonchev–Trinajstić information content (AvgIpc) is 3.84. The van der Waals surface area contributed by atoms with E-state index in [4.69, 9.17) is 11.0 Å². The third-order valence-electron chi connectivity index (χ3n) is 11.5. The predicted octanol–water partition coefficient (Wildman–Crippen LogP) is 13.1. The van der Waals surface area contributed by atoms with Crippen LogP contribution in [-0.4, -0.2) is 4.57 Å². The Morgan fingerprint density at radius 2 is 1.25 bits per heavy atom. The highest BCUT2D eigenvalue weighted by Gasteiger charge is 2.52. The molecule has 2 aromatic heterocycles. The molecule has 0 N–H and O–H groups in total. The monoisotopic (exact) mass is 663 g/mol. The van der Waals surface area contributed by atoms with Gasteiger partial charge in [-0.3, -0.25) is 0 Å². The Bertz CT molecular complexity index is 3040. The van der Waals surface area contributed by atoms with Crippen molar-refractivity contribution in [1.82, 2.24) is 4.57 Å². The molecule has 0 amide bonds. The molecule has 244 valence electrons. The van der Waals surface area contributed by atoms with E-state index in [1.165, 1.54) is 60.9 Å². The summed E-state index contributed by atoms with van der Waals surface area (Å²) in [7, 11) is 0. The molecule has 9 aromatic rings. The molecule has 7 aromatic carbocycles. The van der Waals surface area contributed by atoms with Crippen LogP contribution in [0.1, 0.15) is 34.7 Å². The van der Waals surface area contributed by atoms with Crippen LogP contribution in [-0.2, 0) is 5.41 Å². The molecule has 3 heterocycles. The van der Waals surface area contributed by atoms with Crippen LogP contribution < -0.4 is 0 Å². The first kappa shape index (κ1) is 29.1. The van der Waals surface area contributed by atoms with E-state index in [1.54, 1.807) is 0 Å². The van der Waals surface area contributed by atoms with E-state index < -0.39 is 5.41 Å². The smallest absolute Gasteiger partial charge is 0.143 e. The molecule has 2 nitrogen and oxygen atoms in total. The molecule has 1 aliphatic carbocycles. The second kappa shape index (κ2) is 10.7. The Hall–Kier alpha value is -6.64. The summed E-state index contributed by atoms with van der Waals surface area (Å²) in [5.41, 5.74) is 16.8. The van der Waals surface area contributed by atoms with E-state index in [-0.39, 0.29) is 0 Å². The summed E-state index contributed by atoms with van der Waals surface area (Å²) in [6.07, 6.45) is 4.46. The first-order valence-corrected chi connectivity index (χ1v) is 18.0. The molecule has 0 fully saturated rings. The summed E-state index contributed by atoms with van der Waals surface area (Å²) >= 11 is 0. The number of hydrogen-bond donors (Lipinski definition) is 0. The molecule has 1 spiro atoms. The summed E-state index contributed by atoms with van der Waals surface area (Å²) < 4.78 is 8.92. The predicted molar refractivity (Wildman–Crippen MR) is 217 cm³/mol. The second-order valence-electron chi connectivity index (χ2n) is 14.0. The van der Waals surface area contributed by atoms with Gasteiger partial charge in [0.1, 0.15) is 11.2 Å². The van der Waals surface area contributed by atoms with Gasteiger partial charge in [-0.05, 0) is 75.2 Å².